The Balaban J connectivity index is 1.49. The fraction of sp³-hybridized carbons (Fsp3) is 0.429. The molecule has 1 amide bonds. The molecular formula is C28H35FN3O8P. The van der Waals surface area contributed by atoms with Crippen LogP contribution in [0.4, 0.5) is 4.39 Å². The molecule has 0 spiro atoms. The molecule has 2 heterocycles. The first kappa shape index (κ1) is 30.7. The van der Waals surface area contributed by atoms with E-state index in [0.717, 1.165) is 24.4 Å². The Hall–Kier alpha value is -3.28. The summed E-state index contributed by atoms with van der Waals surface area (Å²) in [7, 11) is -4.26. The second kappa shape index (κ2) is 13.6. The van der Waals surface area contributed by atoms with Gasteiger partial charge in [0.2, 0.25) is 5.83 Å². The van der Waals surface area contributed by atoms with E-state index in [9.17, 15) is 23.7 Å². The number of carbonyl (C=O) groups is 2. The van der Waals surface area contributed by atoms with Crippen molar-refractivity contribution in [3.63, 3.8) is 0 Å². The van der Waals surface area contributed by atoms with Crippen LogP contribution in [-0.4, -0.2) is 59.6 Å². The molecule has 0 aromatic heterocycles. The van der Waals surface area contributed by atoms with Gasteiger partial charge in [-0.1, -0.05) is 62.7 Å². The van der Waals surface area contributed by atoms with Crippen molar-refractivity contribution in [2.24, 2.45) is 0 Å². The number of rotatable bonds is 13. The molecule has 4 rings (SSSR count). The van der Waals surface area contributed by atoms with E-state index in [4.69, 9.17) is 18.5 Å². The topological polar surface area (TPSA) is 136 Å². The molecule has 2 aromatic rings. The number of nitrogens with zero attached hydrogens (tertiary/aromatic N) is 1. The molecule has 2 aromatic carbocycles. The van der Waals surface area contributed by atoms with E-state index in [1.54, 1.807) is 18.2 Å². The molecular weight excluding hydrogens is 556 g/mol. The van der Waals surface area contributed by atoms with Crippen molar-refractivity contribution in [2.45, 2.75) is 64.0 Å². The number of amides is 1. The van der Waals surface area contributed by atoms with E-state index in [2.05, 4.69) is 17.0 Å². The summed E-state index contributed by atoms with van der Waals surface area (Å²) < 4.78 is 50.7. The molecule has 11 nitrogen and oxygen atoms in total. The van der Waals surface area contributed by atoms with Gasteiger partial charge in [0.05, 0.1) is 19.3 Å². The highest BCUT2D eigenvalue weighted by atomic mass is 31.2. The van der Waals surface area contributed by atoms with Gasteiger partial charge >= 0.3 is 13.7 Å². The predicted octanol–water partition coefficient (Wildman–Crippen LogP) is 4.24. The van der Waals surface area contributed by atoms with Crippen molar-refractivity contribution < 1.29 is 42.2 Å². The number of fused-ring (bicyclic) bond motifs is 1. The highest BCUT2D eigenvalue weighted by Gasteiger charge is 2.42. The zero-order chi connectivity index (χ0) is 29.6. The van der Waals surface area contributed by atoms with E-state index in [1.807, 2.05) is 31.2 Å². The number of aliphatic hydroxyl groups excluding tert-OH is 1. The molecule has 0 radical (unpaired) electrons. The van der Waals surface area contributed by atoms with Gasteiger partial charge in [-0.15, -0.1) is 0 Å². The normalized spacial score (nSPS) is 23.1. The Morgan fingerprint density at radius 2 is 2.05 bits per heavy atom. The molecule has 5 atom stereocenters. The second-order valence-corrected chi connectivity index (χ2v) is 11.5. The van der Waals surface area contributed by atoms with Crippen LogP contribution in [0.2, 0.25) is 0 Å². The van der Waals surface area contributed by atoms with E-state index < -0.39 is 56.5 Å². The van der Waals surface area contributed by atoms with E-state index in [-0.39, 0.29) is 24.6 Å². The minimum absolute atomic E-state index is 0.0229. The summed E-state index contributed by atoms with van der Waals surface area (Å²) >= 11 is 0. The first-order valence-corrected chi connectivity index (χ1v) is 15.0. The van der Waals surface area contributed by atoms with Crippen molar-refractivity contribution in [1.29, 1.82) is 0 Å². The molecule has 2 unspecified atom stereocenters. The van der Waals surface area contributed by atoms with Crippen LogP contribution in [-0.2, 0) is 28.2 Å². The van der Waals surface area contributed by atoms with Crippen LogP contribution in [0.15, 0.2) is 66.9 Å². The van der Waals surface area contributed by atoms with E-state index in [1.165, 1.54) is 11.8 Å². The van der Waals surface area contributed by atoms with Gasteiger partial charge in [-0.05, 0) is 24.8 Å². The lowest BCUT2D eigenvalue weighted by atomic mass is 10.1. The number of aliphatic hydroxyl groups is 1. The number of hydrogen-bond acceptors (Lipinski definition) is 9. The quantitative estimate of drug-likeness (QED) is 0.176. The van der Waals surface area contributed by atoms with Crippen LogP contribution >= 0.6 is 7.75 Å². The lowest BCUT2D eigenvalue weighted by Crippen LogP contribution is -2.42. The van der Waals surface area contributed by atoms with Gasteiger partial charge in [0.15, 0.2) is 0 Å². The summed E-state index contributed by atoms with van der Waals surface area (Å²) in [4.78, 5) is 25.4. The second-order valence-electron chi connectivity index (χ2n) is 9.80. The molecule has 1 saturated heterocycles. The molecule has 222 valence electrons. The maximum Gasteiger partial charge on any atom is 0.459 e. The summed E-state index contributed by atoms with van der Waals surface area (Å²) in [6.45, 7) is 7.04. The summed E-state index contributed by atoms with van der Waals surface area (Å²) in [5.41, 5.74) is 0. The predicted molar refractivity (Wildman–Crippen MR) is 149 cm³/mol. The van der Waals surface area contributed by atoms with Crippen LogP contribution in [0.3, 0.4) is 0 Å². The molecule has 0 bridgehead atoms. The molecule has 13 heteroatoms. The highest BCUT2D eigenvalue weighted by molar-refractivity contribution is 7.52. The van der Waals surface area contributed by atoms with Crippen LogP contribution in [0.5, 0.6) is 5.75 Å². The van der Waals surface area contributed by atoms with Gasteiger partial charge in [-0.2, -0.15) is 9.48 Å². The summed E-state index contributed by atoms with van der Waals surface area (Å²) in [5, 5.41) is 17.1. The number of esters is 1. The lowest BCUT2D eigenvalue weighted by Gasteiger charge is -2.31. The van der Waals surface area contributed by atoms with Crippen molar-refractivity contribution in [3.05, 3.63) is 66.9 Å². The number of hydrogen-bond donors (Lipinski definition) is 3. The molecule has 41 heavy (non-hydrogen) atoms. The fourth-order valence-corrected chi connectivity index (χ4v) is 5.93. The zero-order valence-electron chi connectivity index (χ0n) is 23.0. The Bertz CT molecular complexity index is 1350. The van der Waals surface area contributed by atoms with Crippen LogP contribution < -0.4 is 14.9 Å². The van der Waals surface area contributed by atoms with E-state index >= 15 is 0 Å². The molecule has 2 aliphatic rings. The number of benzene rings is 2. The Labute approximate surface area is 237 Å². The molecule has 0 saturated carbocycles. The molecule has 0 aliphatic carbocycles. The van der Waals surface area contributed by atoms with E-state index in [0.29, 0.717) is 11.8 Å². The summed E-state index contributed by atoms with van der Waals surface area (Å²) in [6.07, 6.45) is 0.583. The number of nitrogens with one attached hydrogen (secondary N) is 2. The Kier molecular flexibility index (Phi) is 10.2. The van der Waals surface area contributed by atoms with Gasteiger partial charge in [0.1, 0.15) is 29.9 Å². The Morgan fingerprint density at radius 1 is 1.29 bits per heavy atom. The number of ether oxygens (including phenoxy) is 2. The smallest absolute Gasteiger partial charge is 0.459 e. The van der Waals surface area contributed by atoms with Gasteiger partial charge in [0.25, 0.3) is 5.91 Å². The van der Waals surface area contributed by atoms with Crippen molar-refractivity contribution in [3.8, 4) is 5.75 Å². The third-order valence-corrected chi connectivity index (χ3v) is 8.26. The number of unbranched alkanes of at least 4 members (excludes halogenated alkanes) is 2. The standard InChI is InChI=1S/C28H35FN3O8P/c1-4-5-8-14-37-28(35)18(2)31-41(36,40-24-13-9-11-20-10-6-7-12-21(20)24)38-17-25-23(33)15-26(39-25)32-16-22(29)27(34)30-19(32)3/h6-7,9-13,16,18,23,25-26,33H,3-5,8,14-15,17H2,1-2H3,(H,30,34)(H,31,36)/t18-,23+,25?,26+,41?/m0/s1. The minimum atomic E-state index is -4.26. The van der Waals surface area contributed by atoms with Gasteiger partial charge in [0, 0.05) is 18.0 Å². The van der Waals surface area contributed by atoms with Crippen molar-refractivity contribution in [2.75, 3.05) is 13.2 Å². The van der Waals surface area contributed by atoms with Crippen molar-refractivity contribution in [1.82, 2.24) is 15.3 Å². The third-order valence-electron chi connectivity index (χ3n) is 6.63. The molecule has 2 aliphatic heterocycles. The molecule has 3 N–H and O–H groups in total. The highest BCUT2D eigenvalue weighted by Crippen LogP contribution is 2.47. The first-order valence-electron chi connectivity index (χ1n) is 13.5. The van der Waals surface area contributed by atoms with Gasteiger partial charge in [-0.3, -0.25) is 14.1 Å². The number of carbonyl (C=O) groups excluding carboxylic acids is 2. The number of halogens is 1. The monoisotopic (exact) mass is 591 g/mol. The zero-order valence-corrected chi connectivity index (χ0v) is 23.8. The van der Waals surface area contributed by atoms with Crippen LogP contribution in [0, 0.1) is 0 Å². The van der Waals surface area contributed by atoms with Gasteiger partial charge < -0.3 is 29.3 Å². The average Bonchev–Trinajstić information content (AvgIpc) is 3.32. The van der Waals surface area contributed by atoms with Crippen molar-refractivity contribution >= 4 is 30.4 Å². The van der Waals surface area contributed by atoms with Crippen LogP contribution in [0.1, 0.15) is 39.5 Å². The third kappa shape index (κ3) is 7.72. The summed E-state index contributed by atoms with van der Waals surface area (Å²) in [6, 6.07) is 11.5. The van der Waals surface area contributed by atoms with Gasteiger partial charge in [-0.25, -0.2) is 4.57 Å². The maximum absolute atomic E-state index is 14.1. The largest absolute Gasteiger partial charge is 0.465 e. The fourth-order valence-electron chi connectivity index (χ4n) is 4.41. The Morgan fingerprint density at radius 3 is 2.83 bits per heavy atom. The first-order chi connectivity index (χ1) is 19.6. The summed E-state index contributed by atoms with van der Waals surface area (Å²) in [5.74, 6) is -2.26. The minimum Gasteiger partial charge on any atom is -0.465 e. The van der Waals surface area contributed by atoms with Crippen LogP contribution in [0.25, 0.3) is 10.8 Å². The SMILES string of the molecule is C=C1NC(=O)C(F)=CN1[C@H]1C[C@@H](O)C(COP(=O)(N[C@@H](C)C(=O)OCCCCC)Oc2cccc3ccccc23)O1. The average molecular weight is 592 g/mol. The maximum atomic E-state index is 14.1. The lowest BCUT2D eigenvalue weighted by molar-refractivity contribution is -0.145. The molecule has 1 fully saturated rings.